The third kappa shape index (κ3) is 4.47. The van der Waals surface area contributed by atoms with Gasteiger partial charge in [-0.1, -0.05) is 0 Å². The molecule has 0 N–H and O–H groups in total. The van der Waals surface area contributed by atoms with Gasteiger partial charge < -0.3 is 9.64 Å². The molecule has 1 aliphatic heterocycles. The first kappa shape index (κ1) is 14.7. The molecule has 1 aliphatic rings. The number of hydrogen-bond acceptors (Lipinski definition) is 4. The van der Waals surface area contributed by atoms with Gasteiger partial charge in [0.15, 0.2) is 6.29 Å². The van der Waals surface area contributed by atoms with E-state index in [9.17, 15) is 9.59 Å². The molecule has 1 fully saturated rings. The van der Waals surface area contributed by atoms with Crippen LogP contribution in [0.4, 0.5) is 4.79 Å². The highest BCUT2D eigenvalue weighted by Gasteiger charge is 2.34. The number of hydrogen-bond donors (Lipinski definition) is 0. The number of piperidine rings is 1. The number of nitrogens with zero attached hydrogens (tertiary/aromatic N) is 2. The van der Waals surface area contributed by atoms with Crippen LogP contribution >= 0.6 is 0 Å². The normalized spacial score (nSPS) is 25.2. The summed E-state index contributed by atoms with van der Waals surface area (Å²) in [6, 6.07) is 0. The Kier molecular flexibility index (Phi) is 4.48. The second-order valence-electron chi connectivity index (χ2n) is 5.92. The highest BCUT2D eigenvalue weighted by Crippen LogP contribution is 2.25. The first-order chi connectivity index (χ1) is 8.26. The Hall–Kier alpha value is -1.39. The van der Waals surface area contributed by atoms with Gasteiger partial charge in [-0.25, -0.2) is 4.79 Å². The molecule has 0 aromatic carbocycles. The van der Waals surface area contributed by atoms with E-state index in [-0.39, 0.29) is 11.6 Å². The van der Waals surface area contributed by atoms with Crippen molar-refractivity contribution in [3.05, 3.63) is 0 Å². The lowest BCUT2D eigenvalue weighted by atomic mass is 9.92. The van der Waals surface area contributed by atoms with Gasteiger partial charge in [0.2, 0.25) is 0 Å². The fourth-order valence-electron chi connectivity index (χ4n) is 2.02. The molecule has 5 heteroatoms. The first-order valence-corrected chi connectivity index (χ1v) is 6.23. The molecule has 18 heavy (non-hydrogen) atoms. The number of carbonyl (C=O) groups excluding carboxylic acids is 2. The SMILES string of the molecule is CC1(N=CC=O)CCCN(C(=O)OC(C)(C)C)C1. The van der Waals surface area contributed by atoms with E-state index in [2.05, 4.69) is 4.99 Å². The monoisotopic (exact) mass is 254 g/mol. The molecule has 1 atom stereocenters. The number of aliphatic imine (C=N–C) groups is 1. The Bertz CT molecular complexity index is 347. The van der Waals surface area contributed by atoms with E-state index in [1.54, 1.807) is 4.90 Å². The number of likely N-dealkylation sites (tertiary alicyclic amines) is 1. The third-order valence-corrected chi connectivity index (χ3v) is 2.77. The van der Waals surface area contributed by atoms with Crippen LogP contribution in [0.3, 0.4) is 0 Å². The molecule has 0 aromatic heterocycles. The molecule has 0 saturated carbocycles. The molecule has 1 rings (SSSR count). The van der Waals surface area contributed by atoms with Crippen molar-refractivity contribution in [1.82, 2.24) is 4.90 Å². The average Bonchev–Trinajstić information content (AvgIpc) is 2.24. The molecule has 1 unspecified atom stereocenters. The summed E-state index contributed by atoms with van der Waals surface area (Å²) >= 11 is 0. The van der Waals surface area contributed by atoms with Crippen molar-refractivity contribution in [2.24, 2.45) is 4.99 Å². The van der Waals surface area contributed by atoms with Crippen LogP contribution in [0.1, 0.15) is 40.5 Å². The zero-order chi connectivity index (χ0) is 13.8. The second kappa shape index (κ2) is 5.50. The van der Waals surface area contributed by atoms with Crippen molar-refractivity contribution >= 4 is 18.6 Å². The summed E-state index contributed by atoms with van der Waals surface area (Å²) in [7, 11) is 0. The van der Waals surface area contributed by atoms with E-state index < -0.39 is 5.60 Å². The van der Waals surface area contributed by atoms with Crippen LogP contribution < -0.4 is 0 Å². The van der Waals surface area contributed by atoms with Crippen LogP contribution in [0.25, 0.3) is 0 Å². The van der Waals surface area contributed by atoms with Crippen LogP contribution in [0.15, 0.2) is 4.99 Å². The van der Waals surface area contributed by atoms with Crippen molar-refractivity contribution in [1.29, 1.82) is 0 Å². The largest absolute Gasteiger partial charge is 0.444 e. The fraction of sp³-hybridized carbons (Fsp3) is 0.769. The Morgan fingerprint density at radius 1 is 1.44 bits per heavy atom. The highest BCUT2D eigenvalue weighted by molar-refractivity contribution is 6.13. The van der Waals surface area contributed by atoms with Gasteiger partial charge >= 0.3 is 6.09 Å². The summed E-state index contributed by atoms with van der Waals surface area (Å²) in [6.07, 6.45) is 3.36. The van der Waals surface area contributed by atoms with E-state index in [0.717, 1.165) is 12.8 Å². The van der Waals surface area contributed by atoms with Gasteiger partial charge in [0.25, 0.3) is 0 Å². The zero-order valence-corrected chi connectivity index (χ0v) is 11.6. The van der Waals surface area contributed by atoms with Gasteiger partial charge in [-0.05, 0) is 40.5 Å². The summed E-state index contributed by atoms with van der Waals surface area (Å²) in [5, 5.41) is 0. The smallest absolute Gasteiger partial charge is 0.410 e. The minimum absolute atomic E-state index is 0.310. The van der Waals surface area contributed by atoms with Crippen molar-refractivity contribution < 1.29 is 14.3 Å². The van der Waals surface area contributed by atoms with Gasteiger partial charge in [0.1, 0.15) is 5.60 Å². The molecule has 0 bridgehead atoms. The summed E-state index contributed by atoms with van der Waals surface area (Å²) in [5.41, 5.74) is -0.868. The van der Waals surface area contributed by atoms with Crippen LogP contribution in [-0.4, -0.2) is 47.7 Å². The lowest BCUT2D eigenvalue weighted by Crippen LogP contribution is -2.49. The Balaban J connectivity index is 2.66. The summed E-state index contributed by atoms with van der Waals surface area (Å²) < 4.78 is 5.34. The average molecular weight is 254 g/mol. The molecule has 0 aromatic rings. The molecule has 0 aliphatic carbocycles. The van der Waals surface area contributed by atoms with E-state index in [4.69, 9.17) is 4.74 Å². The Labute approximate surface area is 108 Å². The number of rotatable bonds is 2. The van der Waals surface area contributed by atoms with Crippen molar-refractivity contribution in [2.45, 2.75) is 51.7 Å². The lowest BCUT2D eigenvalue weighted by molar-refractivity contribution is -0.102. The van der Waals surface area contributed by atoms with Crippen LogP contribution in [0.2, 0.25) is 0 Å². The maximum absolute atomic E-state index is 12.0. The molecular formula is C13H22N2O3. The minimum atomic E-state index is -0.489. The predicted octanol–water partition coefficient (Wildman–Crippen LogP) is 2.05. The lowest BCUT2D eigenvalue weighted by Gasteiger charge is -2.38. The molecule has 1 heterocycles. The van der Waals surface area contributed by atoms with Crippen LogP contribution in [0.5, 0.6) is 0 Å². The molecule has 1 saturated heterocycles. The van der Waals surface area contributed by atoms with Crippen molar-refractivity contribution in [3.63, 3.8) is 0 Å². The highest BCUT2D eigenvalue weighted by atomic mass is 16.6. The van der Waals surface area contributed by atoms with Crippen molar-refractivity contribution in [2.75, 3.05) is 13.1 Å². The summed E-state index contributed by atoms with van der Waals surface area (Å²) in [6.45, 7) is 8.66. The number of aldehydes is 1. The first-order valence-electron chi connectivity index (χ1n) is 6.23. The maximum Gasteiger partial charge on any atom is 0.410 e. The standard InChI is InChI=1S/C13H22N2O3/c1-12(2,3)18-11(17)15-8-5-6-13(4,10-15)14-7-9-16/h7,9H,5-6,8,10H2,1-4H3. The Morgan fingerprint density at radius 3 is 2.67 bits per heavy atom. The number of ether oxygens (including phenoxy) is 1. The number of carbonyl (C=O) groups is 2. The summed E-state index contributed by atoms with van der Waals surface area (Å²) in [4.78, 5) is 28.2. The van der Waals surface area contributed by atoms with Crippen molar-refractivity contribution in [3.8, 4) is 0 Å². The predicted molar refractivity (Wildman–Crippen MR) is 70.0 cm³/mol. The van der Waals surface area contributed by atoms with E-state index in [0.29, 0.717) is 19.4 Å². The van der Waals surface area contributed by atoms with Gasteiger partial charge in [0.05, 0.1) is 11.8 Å². The van der Waals surface area contributed by atoms with Gasteiger partial charge in [-0.2, -0.15) is 0 Å². The van der Waals surface area contributed by atoms with Crippen LogP contribution in [0, 0.1) is 0 Å². The molecule has 0 radical (unpaired) electrons. The van der Waals surface area contributed by atoms with Gasteiger partial charge in [0, 0.05) is 13.1 Å². The summed E-state index contributed by atoms with van der Waals surface area (Å²) in [5.74, 6) is 0. The molecular weight excluding hydrogens is 232 g/mol. The molecule has 102 valence electrons. The minimum Gasteiger partial charge on any atom is -0.444 e. The zero-order valence-electron chi connectivity index (χ0n) is 11.6. The molecule has 1 amide bonds. The van der Waals surface area contributed by atoms with E-state index >= 15 is 0 Å². The molecule has 0 spiro atoms. The van der Waals surface area contributed by atoms with Gasteiger partial charge in [-0.3, -0.25) is 9.79 Å². The Morgan fingerprint density at radius 2 is 2.11 bits per heavy atom. The second-order valence-corrected chi connectivity index (χ2v) is 5.92. The topological polar surface area (TPSA) is 59.0 Å². The van der Waals surface area contributed by atoms with Crippen LogP contribution in [-0.2, 0) is 9.53 Å². The molecule has 5 nitrogen and oxygen atoms in total. The van der Waals surface area contributed by atoms with E-state index in [1.807, 2.05) is 27.7 Å². The maximum atomic E-state index is 12.0. The van der Waals surface area contributed by atoms with Gasteiger partial charge in [-0.15, -0.1) is 0 Å². The fourth-order valence-corrected chi connectivity index (χ4v) is 2.02. The third-order valence-electron chi connectivity index (χ3n) is 2.77. The number of amides is 1. The van der Waals surface area contributed by atoms with E-state index in [1.165, 1.54) is 6.21 Å². The quantitative estimate of drug-likeness (QED) is 0.559.